The number of hydrogen-bond acceptors (Lipinski definition) is 10. The topological polar surface area (TPSA) is 212 Å². The van der Waals surface area contributed by atoms with Crippen LogP contribution in [0.25, 0.3) is 0 Å². The summed E-state index contributed by atoms with van der Waals surface area (Å²) >= 11 is 6.90. The Morgan fingerprint density at radius 1 is 0.962 bits per heavy atom. The van der Waals surface area contributed by atoms with Crippen LogP contribution < -0.4 is 21.3 Å². The van der Waals surface area contributed by atoms with E-state index in [0.29, 0.717) is 29.4 Å². The molecule has 17 heteroatoms. The molecule has 2 atom stereocenters. The minimum atomic E-state index is -1.39. The van der Waals surface area contributed by atoms with Crippen LogP contribution in [0.15, 0.2) is 48.5 Å². The fraction of sp³-hybridized carbons (Fsp3) is 0.500. The molecule has 1 fully saturated rings. The number of benzene rings is 2. The highest BCUT2D eigenvalue weighted by Crippen LogP contribution is 2.22. The number of anilines is 1. The molecule has 2 aromatic carbocycles. The van der Waals surface area contributed by atoms with E-state index >= 15 is 0 Å². The molecule has 0 aromatic heterocycles. The number of thioether (sulfide) groups is 1. The van der Waals surface area contributed by atoms with Crippen molar-refractivity contribution in [2.45, 2.75) is 50.5 Å². The van der Waals surface area contributed by atoms with Crippen molar-refractivity contribution in [2.24, 2.45) is 5.73 Å². The van der Waals surface area contributed by atoms with Crippen molar-refractivity contribution in [3.8, 4) is 0 Å². The van der Waals surface area contributed by atoms with Gasteiger partial charge in [0.25, 0.3) is 5.91 Å². The van der Waals surface area contributed by atoms with E-state index in [1.807, 2.05) is 38.1 Å². The average Bonchev–Trinajstić information content (AvgIpc) is 3.14. The van der Waals surface area contributed by atoms with Gasteiger partial charge in [-0.1, -0.05) is 23.7 Å². The highest BCUT2D eigenvalue weighted by atomic mass is 35.5. The van der Waals surface area contributed by atoms with Gasteiger partial charge in [0.1, 0.15) is 12.6 Å². The molecule has 6 N–H and O–H groups in total. The maximum absolute atomic E-state index is 14.0. The predicted octanol–water partition coefficient (Wildman–Crippen LogP) is 1.71. The Labute approximate surface area is 318 Å². The van der Waals surface area contributed by atoms with Gasteiger partial charge in [0, 0.05) is 74.3 Å². The molecule has 0 spiro atoms. The molecule has 0 bridgehead atoms. The number of carboxylic acids is 2. The van der Waals surface area contributed by atoms with E-state index in [2.05, 4.69) is 15.5 Å². The fourth-order valence-electron chi connectivity index (χ4n) is 5.35. The molecule has 53 heavy (non-hydrogen) atoms. The second-order valence-corrected chi connectivity index (χ2v) is 14.3. The zero-order valence-electron chi connectivity index (χ0n) is 30.0. The van der Waals surface area contributed by atoms with Crippen molar-refractivity contribution in [1.29, 1.82) is 0 Å². The highest BCUT2D eigenvalue weighted by molar-refractivity contribution is 8.01. The summed E-state index contributed by atoms with van der Waals surface area (Å²) in [6, 6.07) is 13.1. The summed E-state index contributed by atoms with van der Waals surface area (Å²) < 4.78 is 5.70. The minimum absolute atomic E-state index is 0.0473. The Morgan fingerprint density at radius 3 is 2.23 bits per heavy atom. The maximum Gasteiger partial charge on any atom is 0.322 e. The van der Waals surface area contributed by atoms with Crippen LogP contribution in [0.2, 0.25) is 5.02 Å². The summed E-state index contributed by atoms with van der Waals surface area (Å²) in [5.41, 5.74) is 7.50. The van der Waals surface area contributed by atoms with E-state index in [4.69, 9.17) is 32.3 Å². The first-order valence-electron chi connectivity index (χ1n) is 17.4. The second kappa shape index (κ2) is 22.1. The number of carboxylic acid groups (broad SMARTS) is 2. The number of piperazine rings is 1. The lowest BCUT2D eigenvalue weighted by Gasteiger charge is -2.35. The molecular formula is C36H49ClN6O9S. The summed E-state index contributed by atoms with van der Waals surface area (Å²) in [5, 5.41) is 22.2. The number of hydrogen-bond donors (Lipinski definition) is 5. The van der Waals surface area contributed by atoms with Crippen LogP contribution in [0, 0.1) is 0 Å². The van der Waals surface area contributed by atoms with Gasteiger partial charge in [-0.3, -0.25) is 33.7 Å². The van der Waals surface area contributed by atoms with Gasteiger partial charge >= 0.3 is 11.9 Å². The van der Waals surface area contributed by atoms with Crippen LogP contribution in [-0.4, -0.2) is 138 Å². The van der Waals surface area contributed by atoms with Crippen molar-refractivity contribution < 1.29 is 43.7 Å². The van der Waals surface area contributed by atoms with E-state index in [-0.39, 0.29) is 50.3 Å². The van der Waals surface area contributed by atoms with Crippen LogP contribution in [0.3, 0.4) is 0 Å². The lowest BCUT2D eigenvalue weighted by Crippen LogP contribution is -2.49. The smallest absolute Gasteiger partial charge is 0.322 e. The predicted molar refractivity (Wildman–Crippen MR) is 202 cm³/mol. The lowest BCUT2D eigenvalue weighted by atomic mass is 10.1. The van der Waals surface area contributed by atoms with E-state index in [9.17, 15) is 28.8 Å². The Bertz CT molecular complexity index is 1540. The van der Waals surface area contributed by atoms with E-state index in [0.717, 1.165) is 37.8 Å². The van der Waals surface area contributed by atoms with Gasteiger partial charge in [-0.25, -0.2) is 0 Å². The number of nitrogens with zero attached hydrogens (tertiary/aromatic N) is 3. The van der Waals surface area contributed by atoms with Gasteiger partial charge in [-0.05, 0) is 68.7 Å². The molecule has 0 aliphatic carbocycles. The minimum Gasteiger partial charge on any atom is -0.480 e. The van der Waals surface area contributed by atoms with E-state index in [1.165, 1.54) is 10.5 Å². The molecule has 2 aromatic rings. The van der Waals surface area contributed by atoms with Crippen LogP contribution >= 0.6 is 23.4 Å². The van der Waals surface area contributed by atoms with Crippen LogP contribution in [0.1, 0.15) is 42.6 Å². The summed E-state index contributed by atoms with van der Waals surface area (Å²) in [4.78, 5) is 80.4. The monoisotopic (exact) mass is 776 g/mol. The molecule has 0 radical (unpaired) electrons. The van der Waals surface area contributed by atoms with Gasteiger partial charge in [0.15, 0.2) is 5.25 Å². The van der Waals surface area contributed by atoms with Crippen LogP contribution in [0.4, 0.5) is 5.69 Å². The molecule has 3 rings (SSSR count). The Morgan fingerprint density at radius 2 is 1.62 bits per heavy atom. The summed E-state index contributed by atoms with van der Waals surface area (Å²) in [7, 11) is 0. The molecule has 1 saturated heterocycles. The number of nitrogens with two attached hydrogens (primary N) is 1. The number of aliphatic carboxylic acids is 2. The number of rotatable bonds is 21. The van der Waals surface area contributed by atoms with Gasteiger partial charge in [0.2, 0.25) is 17.7 Å². The Balaban J connectivity index is 1.66. The first-order valence-corrected chi connectivity index (χ1v) is 18.8. The number of nitrogens with one attached hydrogen (secondary N) is 2. The summed E-state index contributed by atoms with van der Waals surface area (Å²) in [6.07, 6.45) is 0.561. The van der Waals surface area contributed by atoms with Gasteiger partial charge < -0.3 is 41.1 Å². The van der Waals surface area contributed by atoms with Gasteiger partial charge in [-0.2, -0.15) is 0 Å². The molecule has 1 heterocycles. The Kier molecular flexibility index (Phi) is 18.0. The zero-order valence-corrected chi connectivity index (χ0v) is 31.6. The molecule has 0 saturated carbocycles. The quantitative estimate of drug-likeness (QED) is 0.0906. The highest BCUT2D eigenvalue weighted by Gasteiger charge is 2.33. The number of ether oxygens (including phenoxy) is 1. The molecule has 4 amide bonds. The normalized spacial score (nSPS) is 14.3. The number of carbonyl (C=O) groups excluding carboxylic acids is 4. The molecule has 1 aliphatic rings. The van der Waals surface area contributed by atoms with Crippen molar-refractivity contribution in [1.82, 2.24) is 20.4 Å². The molecule has 1 unspecified atom stereocenters. The number of halogens is 1. The summed E-state index contributed by atoms with van der Waals surface area (Å²) in [5.74, 6) is -4.45. The fourth-order valence-corrected chi connectivity index (χ4v) is 6.43. The largest absolute Gasteiger partial charge is 0.480 e. The maximum atomic E-state index is 14.0. The molecule has 15 nitrogen and oxygen atoms in total. The first-order chi connectivity index (χ1) is 25.2. The number of amides is 4. The van der Waals surface area contributed by atoms with Gasteiger partial charge in [0.05, 0.1) is 12.7 Å². The molecular weight excluding hydrogens is 728 g/mol. The number of carbonyl (C=O) groups is 6. The van der Waals surface area contributed by atoms with E-state index in [1.54, 1.807) is 29.2 Å². The third kappa shape index (κ3) is 15.0. The Hall–Kier alpha value is -4.22. The molecule has 1 aliphatic heterocycles. The lowest BCUT2D eigenvalue weighted by molar-refractivity contribution is -0.139. The molecule has 290 valence electrons. The van der Waals surface area contributed by atoms with Crippen molar-refractivity contribution in [3.63, 3.8) is 0 Å². The van der Waals surface area contributed by atoms with E-state index < -0.39 is 47.5 Å². The van der Waals surface area contributed by atoms with Crippen LogP contribution in [0.5, 0.6) is 0 Å². The van der Waals surface area contributed by atoms with Crippen molar-refractivity contribution in [3.05, 3.63) is 64.7 Å². The average molecular weight is 777 g/mol. The van der Waals surface area contributed by atoms with Crippen molar-refractivity contribution in [2.75, 3.05) is 69.6 Å². The van der Waals surface area contributed by atoms with Crippen LogP contribution in [-0.2, 0) is 35.1 Å². The third-order valence-electron chi connectivity index (χ3n) is 8.33. The van der Waals surface area contributed by atoms with Gasteiger partial charge in [-0.15, -0.1) is 11.8 Å². The second-order valence-electron chi connectivity index (χ2n) is 12.7. The summed E-state index contributed by atoms with van der Waals surface area (Å²) in [6.45, 7) is 6.71. The SMILES string of the molecule is CC(C)OCCN(C(=O)C(SCCNC(=O)CC[C@@H](N)C(=O)O)C(=O)NCC(=O)O)c1ccc(C(=O)N2CCN(CCc3ccc(Cl)cc3)CC2)cc1. The third-order valence-corrected chi connectivity index (χ3v) is 9.77. The standard InChI is InChI=1S/C36H49ClN6O9S/c1-24(2)52-21-20-43(35(49)32(33(47)40-23-31(45)46)53-22-14-39-30(44)12-11-29(38)36(50)51)28-9-5-26(6-10-28)34(48)42-18-16-41(17-19-42)15-13-25-3-7-27(37)8-4-25/h3-10,24,29,32H,11-23,38H2,1-2H3,(H,39,44)(H,40,47)(H,45,46)(H,50,51)/t29-,32?/m1/s1. The van der Waals surface area contributed by atoms with Crippen molar-refractivity contribution >= 4 is 64.6 Å². The zero-order chi connectivity index (χ0) is 38.9. The first kappa shape index (κ1) is 43.2.